The minimum atomic E-state index is -0.0619. The van der Waals surface area contributed by atoms with E-state index in [4.69, 9.17) is 4.98 Å². The van der Waals surface area contributed by atoms with Crippen molar-refractivity contribution in [1.29, 1.82) is 0 Å². The third-order valence-corrected chi connectivity index (χ3v) is 8.21. The van der Waals surface area contributed by atoms with Gasteiger partial charge in [0.25, 0.3) is 0 Å². The monoisotopic (exact) mass is 460 g/mol. The van der Waals surface area contributed by atoms with Crippen LogP contribution in [0.2, 0.25) is 0 Å². The van der Waals surface area contributed by atoms with Gasteiger partial charge in [0.1, 0.15) is 5.82 Å². The fourth-order valence-electron chi connectivity index (χ4n) is 6.66. The van der Waals surface area contributed by atoms with Crippen LogP contribution in [0.3, 0.4) is 0 Å². The van der Waals surface area contributed by atoms with E-state index < -0.39 is 0 Å². The largest absolute Gasteiger partial charge is 0.293 e. The maximum absolute atomic E-state index is 4.95. The second-order valence-electron chi connectivity index (χ2n) is 10.4. The van der Waals surface area contributed by atoms with Crippen LogP contribution in [-0.4, -0.2) is 9.55 Å². The molecule has 0 atom stereocenters. The van der Waals surface area contributed by atoms with Gasteiger partial charge in [-0.2, -0.15) is 0 Å². The lowest BCUT2D eigenvalue weighted by Crippen LogP contribution is -2.15. The number of nitrogens with zero attached hydrogens (tertiary/aromatic N) is 2. The van der Waals surface area contributed by atoms with Crippen LogP contribution in [0.1, 0.15) is 25.0 Å². The van der Waals surface area contributed by atoms with Gasteiger partial charge in [-0.25, -0.2) is 4.98 Å². The summed E-state index contributed by atoms with van der Waals surface area (Å²) < 4.78 is 2.39. The molecule has 0 radical (unpaired) electrons. The van der Waals surface area contributed by atoms with E-state index in [2.05, 4.69) is 122 Å². The van der Waals surface area contributed by atoms with Gasteiger partial charge in [0.15, 0.2) is 0 Å². The third kappa shape index (κ3) is 2.39. The summed E-state index contributed by atoms with van der Waals surface area (Å²) in [6, 6.07) is 37.6. The Kier molecular flexibility index (Phi) is 3.76. The molecule has 1 aliphatic rings. The first-order valence-corrected chi connectivity index (χ1v) is 12.6. The van der Waals surface area contributed by atoms with Crippen molar-refractivity contribution in [3.05, 3.63) is 120 Å². The maximum atomic E-state index is 4.95. The van der Waals surface area contributed by atoms with Crippen molar-refractivity contribution in [2.75, 3.05) is 0 Å². The van der Waals surface area contributed by atoms with Crippen molar-refractivity contribution < 1.29 is 0 Å². The molecule has 7 aromatic rings. The quantitative estimate of drug-likeness (QED) is 0.239. The average molecular weight is 461 g/mol. The molecule has 2 heterocycles. The number of benzene rings is 5. The van der Waals surface area contributed by atoms with Gasteiger partial charge >= 0.3 is 0 Å². The van der Waals surface area contributed by atoms with Crippen molar-refractivity contribution >= 4 is 43.4 Å². The van der Waals surface area contributed by atoms with Crippen molar-refractivity contribution in [2.45, 2.75) is 19.3 Å². The molecule has 0 bridgehead atoms. The van der Waals surface area contributed by atoms with E-state index in [1.807, 2.05) is 6.20 Å². The number of hydrogen-bond acceptors (Lipinski definition) is 1. The standard InChI is InChI=1S/C34H24N2/c1-34(2)29-13-7-5-11-23(29)25-15-18-28-26(31(25)34)16-17-27-24-12-6-8-14-30(24)36(32(27)28)33-22-10-4-3-9-21(22)19-20-35-33/h3-20H,1-2H3. The number of para-hydroxylation sites is 1. The van der Waals surface area contributed by atoms with Crippen LogP contribution in [0.25, 0.3) is 60.3 Å². The molecule has 0 amide bonds. The van der Waals surface area contributed by atoms with Crippen LogP contribution in [0.15, 0.2) is 109 Å². The van der Waals surface area contributed by atoms with Crippen LogP contribution >= 0.6 is 0 Å². The molecule has 2 aromatic heterocycles. The van der Waals surface area contributed by atoms with Gasteiger partial charge in [-0.3, -0.25) is 4.57 Å². The lowest BCUT2D eigenvalue weighted by molar-refractivity contribution is 0.666. The van der Waals surface area contributed by atoms with Crippen LogP contribution in [0.4, 0.5) is 0 Å². The lowest BCUT2D eigenvalue weighted by Gasteiger charge is -2.23. The molecule has 36 heavy (non-hydrogen) atoms. The van der Waals surface area contributed by atoms with Crippen molar-refractivity contribution in [2.24, 2.45) is 0 Å². The SMILES string of the molecule is CC1(C)c2ccccc2-c2ccc3c(ccc4c5ccccc5n(-c5nccc6ccccc56)c34)c21. The molecule has 2 heteroatoms. The third-order valence-electron chi connectivity index (χ3n) is 8.21. The average Bonchev–Trinajstić information content (AvgIpc) is 3.38. The second-order valence-corrected chi connectivity index (χ2v) is 10.4. The second kappa shape index (κ2) is 6.83. The van der Waals surface area contributed by atoms with Gasteiger partial charge in [-0.15, -0.1) is 0 Å². The summed E-state index contributed by atoms with van der Waals surface area (Å²) in [5.74, 6) is 0.981. The molecule has 0 N–H and O–H groups in total. The first-order valence-electron chi connectivity index (χ1n) is 12.6. The predicted octanol–water partition coefficient (Wildman–Crippen LogP) is 8.79. The topological polar surface area (TPSA) is 17.8 Å². The number of hydrogen-bond donors (Lipinski definition) is 0. The molecule has 8 rings (SSSR count). The Morgan fingerprint density at radius 3 is 2.19 bits per heavy atom. The molecule has 0 aliphatic heterocycles. The Bertz CT molecular complexity index is 2020. The van der Waals surface area contributed by atoms with Gasteiger partial charge in [0.2, 0.25) is 0 Å². The summed E-state index contributed by atoms with van der Waals surface area (Å²) >= 11 is 0. The molecule has 5 aromatic carbocycles. The van der Waals surface area contributed by atoms with Gasteiger partial charge in [-0.1, -0.05) is 105 Å². The van der Waals surface area contributed by atoms with Crippen molar-refractivity contribution in [1.82, 2.24) is 9.55 Å². The Hall–Kier alpha value is -4.43. The smallest absolute Gasteiger partial charge is 0.145 e. The molecule has 0 unspecified atom stereocenters. The summed E-state index contributed by atoms with van der Waals surface area (Å²) in [4.78, 5) is 4.95. The summed E-state index contributed by atoms with van der Waals surface area (Å²) in [5.41, 5.74) is 7.89. The summed E-state index contributed by atoms with van der Waals surface area (Å²) in [5, 5.41) is 7.48. The minimum Gasteiger partial charge on any atom is -0.293 e. The number of fused-ring (bicyclic) bond motifs is 10. The molecule has 0 saturated heterocycles. The van der Waals surface area contributed by atoms with E-state index in [-0.39, 0.29) is 5.41 Å². The molecule has 0 saturated carbocycles. The fraction of sp³-hybridized carbons (Fsp3) is 0.0882. The normalized spacial score (nSPS) is 14.1. The van der Waals surface area contributed by atoms with Gasteiger partial charge in [-0.05, 0) is 45.2 Å². The number of rotatable bonds is 1. The summed E-state index contributed by atoms with van der Waals surface area (Å²) in [7, 11) is 0. The minimum absolute atomic E-state index is 0.0619. The van der Waals surface area contributed by atoms with E-state index in [0.29, 0.717) is 0 Å². The molecule has 0 spiro atoms. The van der Waals surface area contributed by atoms with Crippen LogP contribution in [0.5, 0.6) is 0 Å². The Morgan fingerprint density at radius 2 is 1.28 bits per heavy atom. The first kappa shape index (κ1) is 19.8. The van der Waals surface area contributed by atoms with Gasteiger partial charge in [0.05, 0.1) is 11.0 Å². The van der Waals surface area contributed by atoms with Gasteiger partial charge < -0.3 is 0 Å². The zero-order valence-electron chi connectivity index (χ0n) is 20.3. The molecule has 2 nitrogen and oxygen atoms in total. The number of pyridine rings is 1. The van der Waals surface area contributed by atoms with E-state index in [1.54, 1.807) is 0 Å². The molecule has 1 aliphatic carbocycles. The fourth-order valence-corrected chi connectivity index (χ4v) is 6.66. The highest BCUT2D eigenvalue weighted by Gasteiger charge is 2.37. The number of aromatic nitrogens is 2. The predicted molar refractivity (Wildman–Crippen MR) is 151 cm³/mol. The summed E-state index contributed by atoms with van der Waals surface area (Å²) in [6.45, 7) is 4.73. The van der Waals surface area contributed by atoms with Crippen LogP contribution < -0.4 is 0 Å². The maximum Gasteiger partial charge on any atom is 0.145 e. The van der Waals surface area contributed by atoms with E-state index in [1.165, 1.54) is 60.2 Å². The Labute approximate surface area is 209 Å². The molecule has 170 valence electrons. The highest BCUT2D eigenvalue weighted by Crippen LogP contribution is 2.52. The highest BCUT2D eigenvalue weighted by atomic mass is 15.1. The van der Waals surface area contributed by atoms with E-state index in [9.17, 15) is 0 Å². The lowest BCUT2D eigenvalue weighted by atomic mass is 9.80. The zero-order valence-corrected chi connectivity index (χ0v) is 20.3. The Balaban J connectivity index is 1.58. The first-order chi connectivity index (χ1) is 17.6. The molecular formula is C34H24N2. The Morgan fingerprint density at radius 1 is 0.583 bits per heavy atom. The highest BCUT2D eigenvalue weighted by molar-refractivity contribution is 6.20. The van der Waals surface area contributed by atoms with E-state index in [0.717, 1.165) is 11.2 Å². The molecular weight excluding hydrogens is 436 g/mol. The van der Waals surface area contributed by atoms with E-state index >= 15 is 0 Å². The zero-order chi connectivity index (χ0) is 24.0. The van der Waals surface area contributed by atoms with Crippen LogP contribution in [-0.2, 0) is 5.41 Å². The van der Waals surface area contributed by atoms with Crippen molar-refractivity contribution in [3.8, 4) is 16.9 Å². The van der Waals surface area contributed by atoms with Crippen LogP contribution in [0, 0.1) is 0 Å². The van der Waals surface area contributed by atoms with Gasteiger partial charge in [0, 0.05) is 33.2 Å². The molecule has 0 fully saturated rings. The van der Waals surface area contributed by atoms with Crippen molar-refractivity contribution in [3.63, 3.8) is 0 Å². The summed E-state index contributed by atoms with van der Waals surface area (Å²) in [6.07, 6.45) is 1.93.